The number of hydrogen-bond acceptors (Lipinski definition) is 3. The molecule has 0 unspecified atom stereocenters. The van der Waals surface area contributed by atoms with E-state index in [0.29, 0.717) is 18.0 Å². The Morgan fingerprint density at radius 3 is 2.37 bits per heavy atom. The Hall–Kier alpha value is -1.04. The third kappa shape index (κ3) is 4.86. The average Bonchev–Trinajstić information content (AvgIpc) is 2.37. The van der Waals surface area contributed by atoms with E-state index in [4.69, 9.17) is 34.8 Å². The molecule has 104 valence electrons. The number of hydrogen-bond donors (Lipinski definition) is 1. The van der Waals surface area contributed by atoms with Gasteiger partial charge in [-0.05, 0) is 25.0 Å². The van der Waals surface area contributed by atoms with Crippen LogP contribution in [0.3, 0.4) is 0 Å². The molecule has 0 fully saturated rings. The van der Waals surface area contributed by atoms with Crippen molar-refractivity contribution in [3.8, 4) is 0 Å². The van der Waals surface area contributed by atoms with E-state index >= 15 is 0 Å². The van der Waals surface area contributed by atoms with E-state index in [1.807, 2.05) is 0 Å². The monoisotopic (exact) mass is 324 g/mol. The Balaban J connectivity index is 2.68. The van der Waals surface area contributed by atoms with Gasteiger partial charge in [0, 0.05) is 23.7 Å². The summed E-state index contributed by atoms with van der Waals surface area (Å²) in [6.07, 6.45) is 0.723. The molecule has 0 heterocycles. The quantitative estimate of drug-likeness (QED) is 0.492. The fourth-order valence-corrected chi connectivity index (χ4v) is 1.79. The van der Waals surface area contributed by atoms with E-state index in [9.17, 15) is 14.9 Å². The van der Waals surface area contributed by atoms with Crippen LogP contribution in [0.15, 0.2) is 24.3 Å². The maximum Gasteiger partial charge on any atom is 0.269 e. The second-order valence-corrected chi connectivity index (χ2v) is 5.62. The highest BCUT2D eigenvalue weighted by Crippen LogP contribution is 2.29. The Bertz CT molecular complexity index is 463. The van der Waals surface area contributed by atoms with Crippen LogP contribution in [0.5, 0.6) is 0 Å². The maximum atomic E-state index is 11.8. The van der Waals surface area contributed by atoms with Crippen molar-refractivity contribution in [2.24, 2.45) is 0 Å². The van der Waals surface area contributed by atoms with Gasteiger partial charge in [0.05, 0.1) is 4.92 Å². The van der Waals surface area contributed by atoms with Gasteiger partial charge in [-0.3, -0.25) is 14.9 Å². The molecule has 0 saturated carbocycles. The summed E-state index contributed by atoms with van der Waals surface area (Å²) in [4.78, 5) is 21.8. The fraction of sp³-hybridized carbons (Fsp3) is 0.364. The topological polar surface area (TPSA) is 72.2 Å². The van der Waals surface area contributed by atoms with Crippen LogP contribution >= 0.6 is 34.8 Å². The van der Waals surface area contributed by atoms with Crippen molar-refractivity contribution in [2.75, 3.05) is 11.2 Å². The Kier molecular flexibility index (Phi) is 5.85. The Morgan fingerprint density at radius 1 is 1.32 bits per heavy atom. The van der Waals surface area contributed by atoms with E-state index in [1.54, 1.807) is 0 Å². The van der Waals surface area contributed by atoms with Crippen LogP contribution in [-0.2, 0) is 4.79 Å². The van der Waals surface area contributed by atoms with Crippen molar-refractivity contribution < 1.29 is 9.72 Å². The molecular weight excluding hydrogens is 314 g/mol. The van der Waals surface area contributed by atoms with Crippen molar-refractivity contribution >= 4 is 52.1 Å². The lowest BCUT2D eigenvalue weighted by atomic mass is 10.2. The van der Waals surface area contributed by atoms with Gasteiger partial charge in [-0.1, -0.05) is 23.2 Å². The number of nitro benzene ring substituents is 1. The number of carbonyl (C=O) groups excluding carboxylic acids is 1. The summed E-state index contributed by atoms with van der Waals surface area (Å²) < 4.78 is -1.57. The molecule has 5 nitrogen and oxygen atoms in total. The summed E-state index contributed by atoms with van der Waals surface area (Å²) in [6, 6.07) is 5.36. The number of anilines is 1. The van der Waals surface area contributed by atoms with Gasteiger partial charge in [0.2, 0.25) is 0 Å². The second kappa shape index (κ2) is 6.93. The first-order valence-electron chi connectivity index (χ1n) is 5.36. The molecule has 0 aliphatic heterocycles. The van der Waals surface area contributed by atoms with Crippen LogP contribution < -0.4 is 5.32 Å². The first-order valence-corrected chi connectivity index (χ1v) is 6.65. The summed E-state index contributed by atoms with van der Waals surface area (Å²) in [5.41, 5.74) is 0.315. The average molecular weight is 326 g/mol. The molecule has 0 aliphatic rings. The maximum absolute atomic E-state index is 11.8. The van der Waals surface area contributed by atoms with E-state index < -0.39 is 15.2 Å². The number of halogens is 3. The zero-order valence-corrected chi connectivity index (χ0v) is 12.0. The van der Waals surface area contributed by atoms with Gasteiger partial charge < -0.3 is 5.32 Å². The summed E-state index contributed by atoms with van der Waals surface area (Å²) in [6.45, 7) is 0. The lowest BCUT2D eigenvalue weighted by molar-refractivity contribution is -0.384. The molecule has 1 amide bonds. The number of benzene rings is 1. The van der Waals surface area contributed by atoms with Gasteiger partial charge in [-0.15, -0.1) is 11.6 Å². The minimum absolute atomic E-state index is 0.0665. The first kappa shape index (κ1) is 16.0. The van der Waals surface area contributed by atoms with E-state index in [-0.39, 0.29) is 12.1 Å². The van der Waals surface area contributed by atoms with Crippen LogP contribution in [-0.4, -0.2) is 21.0 Å². The number of nitro groups is 1. The largest absolute Gasteiger partial charge is 0.323 e. The Morgan fingerprint density at radius 2 is 1.89 bits per heavy atom. The molecule has 0 spiro atoms. The molecule has 0 bridgehead atoms. The van der Waals surface area contributed by atoms with Crippen molar-refractivity contribution in [1.29, 1.82) is 0 Å². The van der Waals surface area contributed by atoms with Gasteiger partial charge in [0.1, 0.15) is 0 Å². The number of amides is 1. The number of nitrogens with zero attached hydrogens (tertiary/aromatic N) is 1. The number of non-ortho nitro benzene ring substituents is 1. The molecular formula is C11H11Cl3N2O3. The highest BCUT2D eigenvalue weighted by atomic mass is 35.5. The third-order valence-corrected chi connectivity index (χ3v) is 3.28. The Labute approximate surface area is 125 Å². The molecule has 1 aromatic rings. The summed E-state index contributed by atoms with van der Waals surface area (Å²) in [7, 11) is 0. The predicted octanol–water partition coefficient (Wildman–Crippen LogP) is 3.73. The van der Waals surface area contributed by atoms with Gasteiger partial charge in [0.25, 0.3) is 11.6 Å². The smallest absolute Gasteiger partial charge is 0.269 e. The van der Waals surface area contributed by atoms with Crippen LogP contribution in [0.4, 0.5) is 11.4 Å². The minimum atomic E-state index is -1.57. The molecule has 1 rings (SSSR count). The number of rotatable bonds is 6. The summed E-state index contributed by atoms with van der Waals surface area (Å²) in [5.74, 6) is -0.235. The molecule has 19 heavy (non-hydrogen) atoms. The highest BCUT2D eigenvalue weighted by molar-refractivity contribution is 6.59. The zero-order chi connectivity index (χ0) is 14.5. The van der Waals surface area contributed by atoms with E-state index in [0.717, 1.165) is 0 Å². The minimum Gasteiger partial charge on any atom is -0.323 e. The lowest BCUT2D eigenvalue weighted by Gasteiger charge is -2.18. The molecule has 0 atom stereocenters. The van der Waals surface area contributed by atoms with Crippen molar-refractivity contribution in [2.45, 2.75) is 17.2 Å². The zero-order valence-electron chi connectivity index (χ0n) is 9.74. The molecule has 0 aliphatic carbocycles. The second-order valence-electron chi connectivity index (χ2n) is 3.76. The van der Waals surface area contributed by atoms with Crippen LogP contribution in [0.2, 0.25) is 0 Å². The van der Waals surface area contributed by atoms with Gasteiger partial charge in [0.15, 0.2) is 4.33 Å². The van der Waals surface area contributed by atoms with Crippen LogP contribution in [0.1, 0.15) is 12.8 Å². The highest BCUT2D eigenvalue weighted by Gasteiger charge is 2.33. The van der Waals surface area contributed by atoms with E-state index in [1.165, 1.54) is 24.3 Å². The van der Waals surface area contributed by atoms with Gasteiger partial charge in [-0.25, -0.2) is 0 Å². The van der Waals surface area contributed by atoms with Crippen molar-refractivity contribution in [3.63, 3.8) is 0 Å². The number of alkyl halides is 3. The van der Waals surface area contributed by atoms with Crippen molar-refractivity contribution in [3.05, 3.63) is 34.4 Å². The van der Waals surface area contributed by atoms with Crippen molar-refractivity contribution in [1.82, 2.24) is 0 Å². The number of carbonyl (C=O) groups is 1. The molecule has 1 N–H and O–H groups in total. The molecule has 1 aromatic carbocycles. The summed E-state index contributed by atoms with van der Waals surface area (Å²) >= 11 is 17.3. The molecule has 8 heteroatoms. The van der Waals surface area contributed by atoms with Crippen LogP contribution in [0.25, 0.3) is 0 Å². The van der Waals surface area contributed by atoms with Gasteiger partial charge >= 0.3 is 0 Å². The standard InChI is InChI=1S/C11H11Cl3N2O3/c12-7-1-6-11(13,14)10(17)15-8-2-4-9(5-3-8)16(18)19/h2-5H,1,6-7H2,(H,15,17). The molecule has 0 radical (unpaired) electrons. The SMILES string of the molecule is O=C(Nc1ccc([N+](=O)[O-])cc1)C(Cl)(Cl)CCCCl. The lowest BCUT2D eigenvalue weighted by Crippen LogP contribution is -2.32. The summed E-state index contributed by atoms with van der Waals surface area (Å²) in [5, 5.41) is 13.0. The normalized spacial score (nSPS) is 11.1. The van der Waals surface area contributed by atoms with E-state index in [2.05, 4.69) is 5.32 Å². The first-order chi connectivity index (χ1) is 8.86. The van der Waals surface area contributed by atoms with Gasteiger partial charge in [-0.2, -0.15) is 0 Å². The molecule has 0 aromatic heterocycles. The fourth-order valence-electron chi connectivity index (χ4n) is 1.29. The number of nitrogens with one attached hydrogen (secondary N) is 1. The van der Waals surface area contributed by atoms with Crippen LogP contribution in [0, 0.1) is 10.1 Å². The predicted molar refractivity (Wildman–Crippen MR) is 76.1 cm³/mol. The molecule has 0 saturated heterocycles. The third-order valence-electron chi connectivity index (χ3n) is 2.29.